The number of benzene rings is 3. The first-order chi connectivity index (χ1) is 20.0. The summed E-state index contributed by atoms with van der Waals surface area (Å²) in [5.41, 5.74) is 8.07. The van der Waals surface area contributed by atoms with Gasteiger partial charge < -0.3 is 15.0 Å². The van der Waals surface area contributed by atoms with E-state index in [1.165, 1.54) is 11.1 Å². The zero-order valence-corrected chi connectivity index (χ0v) is 23.3. The normalized spacial score (nSPS) is 15.3. The summed E-state index contributed by atoms with van der Waals surface area (Å²) in [5, 5.41) is 8.54. The highest BCUT2D eigenvalue weighted by molar-refractivity contribution is 6.51. The highest BCUT2D eigenvalue weighted by atomic mass is 16.5. The molecule has 0 radical (unpaired) electrons. The van der Waals surface area contributed by atoms with Gasteiger partial charge in [0.15, 0.2) is 23.3 Å². The quantitative estimate of drug-likeness (QED) is 0.266. The second-order valence-corrected chi connectivity index (χ2v) is 10.2. The van der Waals surface area contributed by atoms with Crippen molar-refractivity contribution in [1.29, 1.82) is 0 Å². The van der Waals surface area contributed by atoms with Crippen molar-refractivity contribution in [3.05, 3.63) is 119 Å². The van der Waals surface area contributed by atoms with Crippen molar-refractivity contribution in [1.82, 2.24) is 14.8 Å². The number of anilines is 2. The van der Waals surface area contributed by atoms with E-state index in [0.29, 0.717) is 17.5 Å². The Morgan fingerprint density at radius 2 is 1.63 bits per heavy atom. The van der Waals surface area contributed by atoms with Gasteiger partial charge in [0.1, 0.15) is 5.75 Å². The largest absolute Gasteiger partial charge is 0.496 e. The summed E-state index contributed by atoms with van der Waals surface area (Å²) in [6, 6.07) is 28.1. The summed E-state index contributed by atoms with van der Waals surface area (Å²) in [7, 11) is 1.71. The van der Waals surface area contributed by atoms with Crippen molar-refractivity contribution < 1.29 is 4.74 Å². The Bertz CT molecular complexity index is 1860. The third kappa shape index (κ3) is 4.07. The lowest BCUT2D eigenvalue weighted by atomic mass is 9.92. The number of hydrogen-bond donors (Lipinski definition) is 1. The third-order valence-corrected chi connectivity index (χ3v) is 7.71. The molecule has 8 heteroatoms. The summed E-state index contributed by atoms with van der Waals surface area (Å²) in [6.07, 6.45) is 1.77. The van der Waals surface area contributed by atoms with Crippen LogP contribution in [0.15, 0.2) is 101 Å². The van der Waals surface area contributed by atoms with Gasteiger partial charge in [0, 0.05) is 23.0 Å². The van der Waals surface area contributed by atoms with Gasteiger partial charge in [0.25, 0.3) is 0 Å². The number of aliphatic imine (C=N–C) groups is 2. The number of nitrogens with one attached hydrogen (secondary N) is 1. The number of fused-ring (bicyclic) bond motifs is 4. The van der Waals surface area contributed by atoms with E-state index in [2.05, 4.69) is 59.4 Å². The van der Waals surface area contributed by atoms with Crippen LogP contribution in [0.4, 0.5) is 22.9 Å². The number of hydrogen-bond acceptors (Lipinski definition) is 7. The predicted octanol–water partition coefficient (Wildman–Crippen LogP) is 7.00. The smallest absolute Gasteiger partial charge is 0.179 e. The van der Waals surface area contributed by atoms with Crippen molar-refractivity contribution in [2.45, 2.75) is 26.8 Å². The fourth-order valence-electron chi connectivity index (χ4n) is 5.58. The summed E-state index contributed by atoms with van der Waals surface area (Å²) in [4.78, 5) is 17.2. The standard InChI is InChI=1S/C33H29N7O/c1-20-16-17-23(19-21(20)2)35-31-33-37-32-29(22(3)38-40(32)28-15-9-10-18-34-28)30(24-11-5-8-14-27(24)41-4)39(33)26-13-7-6-12-25(26)36-31/h5-19,30H,1-4H3,(H,35,36). The number of aryl methyl sites for hydroxylation is 3. The Balaban J connectivity index is 1.51. The topological polar surface area (TPSA) is 79.9 Å². The summed E-state index contributed by atoms with van der Waals surface area (Å²) in [6.45, 7) is 6.25. The van der Waals surface area contributed by atoms with E-state index >= 15 is 0 Å². The van der Waals surface area contributed by atoms with E-state index in [1.54, 1.807) is 13.3 Å². The molecule has 1 unspecified atom stereocenters. The van der Waals surface area contributed by atoms with Crippen LogP contribution in [0.25, 0.3) is 5.82 Å². The molecule has 0 saturated heterocycles. The number of para-hydroxylation sites is 3. The Hall–Kier alpha value is -5.24. The molecule has 0 fully saturated rings. The molecule has 2 aliphatic heterocycles. The molecule has 8 nitrogen and oxygen atoms in total. The maximum Gasteiger partial charge on any atom is 0.179 e. The SMILES string of the molecule is COc1ccccc1C1c2c(C)nn(-c3ccccn3)c2N=C2C(Nc3ccc(C)c(C)c3)=Nc3ccccc3N21. The average Bonchev–Trinajstić information content (AvgIpc) is 3.34. The van der Waals surface area contributed by atoms with E-state index in [0.717, 1.165) is 45.5 Å². The summed E-state index contributed by atoms with van der Waals surface area (Å²) < 4.78 is 7.73. The Morgan fingerprint density at radius 3 is 2.44 bits per heavy atom. The van der Waals surface area contributed by atoms with Gasteiger partial charge >= 0.3 is 0 Å². The predicted molar refractivity (Wildman–Crippen MR) is 164 cm³/mol. The van der Waals surface area contributed by atoms with Gasteiger partial charge in [-0.25, -0.2) is 15.0 Å². The van der Waals surface area contributed by atoms with Gasteiger partial charge in [-0.05, 0) is 74.4 Å². The zero-order chi connectivity index (χ0) is 28.1. The lowest BCUT2D eigenvalue weighted by Crippen LogP contribution is -2.46. The van der Waals surface area contributed by atoms with Crippen LogP contribution in [0.1, 0.15) is 34.0 Å². The van der Waals surface area contributed by atoms with Gasteiger partial charge in [-0.1, -0.05) is 42.5 Å². The minimum Gasteiger partial charge on any atom is -0.496 e. The number of rotatable bonds is 4. The molecule has 2 aromatic heterocycles. The number of aromatic nitrogens is 3. The average molecular weight is 540 g/mol. The molecule has 1 atom stereocenters. The molecule has 7 rings (SSSR count). The lowest BCUT2D eigenvalue weighted by Gasteiger charge is -2.40. The Labute approximate surface area is 238 Å². The van der Waals surface area contributed by atoms with Crippen molar-refractivity contribution >= 4 is 34.6 Å². The monoisotopic (exact) mass is 539 g/mol. The van der Waals surface area contributed by atoms with Crippen LogP contribution in [0.5, 0.6) is 5.75 Å². The van der Waals surface area contributed by atoms with Crippen molar-refractivity contribution in [2.75, 3.05) is 17.3 Å². The van der Waals surface area contributed by atoms with Crippen molar-refractivity contribution in [3.8, 4) is 11.6 Å². The van der Waals surface area contributed by atoms with Gasteiger partial charge in [-0.15, -0.1) is 0 Å². The van der Waals surface area contributed by atoms with E-state index in [9.17, 15) is 0 Å². The molecule has 5 aromatic rings. The van der Waals surface area contributed by atoms with Crippen LogP contribution < -0.4 is 15.0 Å². The van der Waals surface area contributed by atoms with Crippen molar-refractivity contribution in [3.63, 3.8) is 0 Å². The highest BCUT2D eigenvalue weighted by Gasteiger charge is 2.42. The van der Waals surface area contributed by atoms with Crippen LogP contribution in [-0.2, 0) is 0 Å². The van der Waals surface area contributed by atoms with Crippen molar-refractivity contribution in [2.24, 2.45) is 9.98 Å². The summed E-state index contributed by atoms with van der Waals surface area (Å²) in [5.74, 6) is 3.56. The number of nitrogens with zero attached hydrogens (tertiary/aromatic N) is 6. The molecule has 41 heavy (non-hydrogen) atoms. The number of amidine groups is 2. The second-order valence-electron chi connectivity index (χ2n) is 10.2. The lowest BCUT2D eigenvalue weighted by molar-refractivity contribution is 0.407. The first-order valence-corrected chi connectivity index (χ1v) is 13.6. The number of ether oxygens (including phenoxy) is 1. The number of methoxy groups -OCH3 is 1. The minimum atomic E-state index is -0.278. The molecule has 0 amide bonds. The molecule has 3 aromatic carbocycles. The van der Waals surface area contributed by atoms with Crippen LogP contribution in [-0.4, -0.2) is 33.5 Å². The van der Waals surface area contributed by atoms with E-state index < -0.39 is 0 Å². The molecule has 1 N–H and O–H groups in total. The molecule has 202 valence electrons. The van der Waals surface area contributed by atoms with Crippen LogP contribution in [0.3, 0.4) is 0 Å². The molecule has 0 saturated carbocycles. The Kier molecular flexibility index (Phi) is 5.89. The van der Waals surface area contributed by atoms with E-state index in [4.69, 9.17) is 19.8 Å². The van der Waals surface area contributed by atoms with Crippen LogP contribution >= 0.6 is 0 Å². The molecular weight excluding hydrogens is 510 g/mol. The molecule has 0 aliphatic carbocycles. The molecule has 0 bridgehead atoms. The fourth-order valence-corrected chi connectivity index (χ4v) is 5.58. The summed E-state index contributed by atoms with van der Waals surface area (Å²) >= 11 is 0. The van der Waals surface area contributed by atoms with Gasteiger partial charge in [0.2, 0.25) is 0 Å². The first kappa shape index (κ1) is 24.8. The Morgan fingerprint density at radius 1 is 0.829 bits per heavy atom. The van der Waals surface area contributed by atoms with Crippen LogP contribution in [0, 0.1) is 20.8 Å². The third-order valence-electron chi connectivity index (χ3n) is 7.71. The second kappa shape index (κ2) is 9.75. The fraction of sp³-hybridized carbons (Fsp3) is 0.152. The maximum atomic E-state index is 5.91. The molecular formula is C33H29N7O. The maximum absolute atomic E-state index is 5.91. The first-order valence-electron chi connectivity index (χ1n) is 13.6. The minimum absolute atomic E-state index is 0.278. The highest BCUT2D eigenvalue weighted by Crippen LogP contribution is 2.49. The van der Waals surface area contributed by atoms with Gasteiger partial charge in [0.05, 0.1) is 30.2 Å². The van der Waals surface area contributed by atoms with E-state index in [-0.39, 0.29) is 6.04 Å². The van der Waals surface area contributed by atoms with Gasteiger partial charge in [-0.2, -0.15) is 9.78 Å². The molecule has 2 aliphatic rings. The molecule has 4 heterocycles. The van der Waals surface area contributed by atoms with Crippen LogP contribution in [0.2, 0.25) is 0 Å². The number of pyridine rings is 1. The van der Waals surface area contributed by atoms with E-state index in [1.807, 2.05) is 66.2 Å². The van der Waals surface area contributed by atoms with Gasteiger partial charge in [-0.3, -0.25) is 0 Å². The molecule has 0 spiro atoms. The zero-order valence-electron chi connectivity index (χ0n) is 23.3.